The predicted molar refractivity (Wildman–Crippen MR) is 209 cm³/mol. The molecule has 0 saturated heterocycles. The Labute approximate surface area is 326 Å². The molecule has 0 radical (unpaired) electrons. The van der Waals surface area contributed by atoms with Crippen LogP contribution in [0.5, 0.6) is 23.0 Å². The van der Waals surface area contributed by atoms with E-state index < -0.39 is 22.7 Å². The van der Waals surface area contributed by atoms with Crippen LogP contribution in [0, 0.1) is 10.1 Å². The first-order valence-electron chi connectivity index (χ1n) is 18.9. The van der Waals surface area contributed by atoms with E-state index >= 15 is 0 Å². The summed E-state index contributed by atoms with van der Waals surface area (Å²) in [5, 5.41) is 15.6. The van der Waals surface area contributed by atoms with E-state index in [1.807, 2.05) is 24.3 Å². The summed E-state index contributed by atoms with van der Waals surface area (Å²) in [6.45, 7) is 1.63. The van der Waals surface area contributed by atoms with Gasteiger partial charge in [-0.25, -0.2) is 4.79 Å². The molecular weight excluding hydrogens is 728 g/mol. The number of fused-ring (bicyclic) bond motifs is 10. The Bertz CT molecular complexity index is 2640. The summed E-state index contributed by atoms with van der Waals surface area (Å²) in [4.78, 5) is 50.2. The Morgan fingerprint density at radius 3 is 1.84 bits per heavy atom. The predicted octanol–water partition coefficient (Wildman–Crippen LogP) is 8.86. The first kappa shape index (κ1) is 35.7. The summed E-state index contributed by atoms with van der Waals surface area (Å²) in [5.74, 6) is 0.762. The van der Waals surface area contributed by atoms with Crippen LogP contribution in [-0.2, 0) is 31.2 Å². The molecule has 3 heterocycles. The number of hydrogen-bond acceptors (Lipinski definition) is 10. The van der Waals surface area contributed by atoms with Crippen LogP contribution in [0.4, 0.5) is 5.69 Å². The normalized spacial score (nSPS) is 14.2. The first-order chi connectivity index (χ1) is 27.9. The maximum Gasteiger partial charge on any atom is 0.338 e. The lowest BCUT2D eigenvalue weighted by Crippen LogP contribution is -2.30. The highest BCUT2D eigenvalue weighted by Crippen LogP contribution is 2.45. The third-order valence-corrected chi connectivity index (χ3v) is 10.7. The van der Waals surface area contributed by atoms with E-state index in [0.29, 0.717) is 62.6 Å². The molecule has 12 nitrogen and oxygen atoms in total. The van der Waals surface area contributed by atoms with Crippen molar-refractivity contribution in [3.63, 3.8) is 0 Å². The minimum absolute atomic E-state index is 0.0565. The van der Waals surface area contributed by atoms with Crippen molar-refractivity contribution in [1.82, 2.24) is 4.90 Å². The largest absolute Gasteiger partial charge is 0.485 e. The molecule has 0 N–H and O–H groups in total. The lowest BCUT2D eigenvalue weighted by atomic mass is 9.97. The highest BCUT2D eigenvalue weighted by atomic mass is 16.6. The SMILES string of the molecule is O=C(OCCCCCCN1C(=O)c2cccc([N+](=O)[O-])c2C1=O)c1ccc2c(c1)OCc1cc3c(cc1CO2)COc1c(c2ccccc2c2ccccc12)OC3. The second-order valence-electron chi connectivity index (χ2n) is 14.2. The van der Waals surface area contributed by atoms with Gasteiger partial charge in [-0.15, -0.1) is 0 Å². The summed E-state index contributed by atoms with van der Waals surface area (Å²) in [5.41, 5.74) is 3.80. The fourth-order valence-corrected chi connectivity index (χ4v) is 7.81. The van der Waals surface area contributed by atoms with E-state index in [-0.39, 0.29) is 36.6 Å². The van der Waals surface area contributed by atoms with Crippen LogP contribution in [0.1, 0.15) is 79.0 Å². The number of esters is 1. The van der Waals surface area contributed by atoms with Gasteiger partial charge in [0.2, 0.25) is 0 Å². The molecule has 0 unspecified atom stereocenters. The number of rotatable bonds is 9. The highest BCUT2D eigenvalue weighted by Gasteiger charge is 2.40. The first-order valence-corrected chi connectivity index (χ1v) is 18.9. The maximum absolute atomic E-state index is 13.0. The molecule has 6 aromatic rings. The molecule has 0 atom stereocenters. The number of nitro groups is 1. The number of imide groups is 1. The molecule has 12 heteroatoms. The minimum Gasteiger partial charge on any atom is -0.485 e. The van der Waals surface area contributed by atoms with Gasteiger partial charge >= 0.3 is 5.97 Å². The lowest BCUT2D eigenvalue weighted by molar-refractivity contribution is -0.385. The molecule has 2 amide bonds. The third kappa shape index (κ3) is 6.62. The Hall–Kier alpha value is -6.95. The van der Waals surface area contributed by atoms with Crippen LogP contribution in [0.3, 0.4) is 0 Å². The van der Waals surface area contributed by atoms with Crippen LogP contribution in [0.15, 0.2) is 97.1 Å². The number of ether oxygens (including phenoxy) is 5. The van der Waals surface area contributed by atoms with E-state index in [4.69, 9.17) is 23.7 Å². The maximum atomic E-state index is 13.0. The van der Waals surface area contributed by atoms with Gasteiger partial charge in [0, 0.05) is 23.4 Å². The van der Waals surface area contributed by atoms with Crippen molar-refractivity contribution in [3.05, 3.63) is 146 Å². The van der Waals surface area contributed by atoms with Gasteiger partial charge in [-0.3, -0.25) is 24.6 Å². The second-order valence-corrected chi connectivity index (χ2v) is 14.2. The number of carbonyl (C=O) groups is 3. The molecule has 57 heavy (non-hydrogen) atoms. The van der Waals surface area contributed by atoms with Gasteiger partial charge in [0.05, 0.1) is 22.7 Å². The Balaban J connectivity index is 0.794. The van der Waals surface area contributed by atoms with Crippen molar-refractivity contribution in [2.75, 3.05) is 13.2 Å². The molecule has 286 valence electrons. The number of benzene rings is 6. The number of unbranched alkanes of at least 4 members (excludes halogenated alkanes) is 3. The molecule has 3 aliphatic rings. The Kier molecular flexibility index (Phi) is 9.37. The third-order valence-electron chi connectivity index (χ3n) is 10.7. The number of hydrogen-bond donors (Lipinski definition) is 0. The Morgan fingerprint density at radius 2 is 1.21 bits per heavy atom. The van der Waals surface area contributed by atoms with Gasteiger partial charge < -0.3 is 23.7 Å². The van der Waals surface area contributed by atoms with Gasteiger partial charge in [-0.1, -0.05) is 61.0 Å². The quantitative estimate of drug-likeness (QED) is 0.0350. The van der Waals surface area contributed by atoms with Gasteiger partial charge in [0.1, 0.15) is 32.0 Å². The second kappa shape index (κ2) is 14.9. The molecule has 0 aromatic heterocycles. The van der Waals surface area contributed by atoms with Gasteiger partial charge in [0.15, 0.2) is 23.0 Å². The summed E-state index contributed by atoms with van der Waals surface area (Å²) in [7, 11) is 0. The Morgan fingerprint density at radius 1 is 0.632 bits per heavy atom. The number of nitrogens with zero attached hydrogens (tertiary/aromatic N) is 2. The molecule has 9 rings (SSSR count). The fraction of sp³-hybridized carbons (Fsp3) is 0.222. The van der Waals surface area contributed by atoms with Crippen molar-refractivity contribution in [3.8, 4) is 23.0 Å². The molecule has 6 aromatic carbocycles. The van der Waals surface area contributed by atoms with E-state index in [9.17, 15) is 24.5 Å². The van der Waals surface area contributed by atoms with Gasteiger partial charge in [-0.2, -0.15) is 0 Å². The average molecular weight is 765 g/mol. The van der Waals surface area contributed by atoms with Crippen LogP contribution >= 0.6 is 0 Å². The van der Waals surface area contributed by atoms with Crippen molar-refractivity contribution in [2.24, 2.45) is 0 Å². The number of amides is 2. The zero-order valence-electron chi connectivity index (χ0n) is 30.8. The zero-order chi connectivity index (χ0) is 39.0. The monoisotopic (exact) mass is 764 g/mol. The fourth-order valence-electron chi connectivity index (χ4n) is 7.81. The number of nitro benzene ring substituents is 1. The van der Waals surface area contributed by atoms with Gasteiger partial charge in [0.25, 0.3) is 17.5 Å². The standard InChI is InChI=1S/C45H36N2O10/c48-43-36-14-9-15-37(47(51)52)40(36)44(49)46(43)18-7-1-2-8-19-53-45(50)27-16-17-38-39(22-27)55-24-29-21-31-26-57-42-35-13-6-4-11-33(35)32-10-3-5-12-34(32)41(42)56-25-30(31)20-28(29)23-54-38/h3-6,9-17,20-22H,1-2,7-8,18-19,23-26H2. The van der Waals surface area contributed by atoms with E-state index in [0.717, 1.165) is 60.2 Å². The summed E-state index contributed by atoms with van der Waals surface area (Å²) in [6, 6.07) is 29.7. The summed E-state index contributed by atoms with van der Waals surface area (Å²) in [6.07, 6.45) is 2.46. The highest BCUT2D eigenvalue weighted by molar-refractivity contribution is 6.23. The molecule has 0 spiro atoms. The van der Waals surface area contributed by atoms with Crippen molar-refractivity contribution in [2.45, 2.75) is 52.1 Å². The molecule has 0 bridgehead atoms. The van der Waals surface area contributed by atoms with Crippen LogP contribution in [0.2, 0.25) is 0 Å². The van der Waals surface area contributed by atoms with Crippen molar-refractivity contribution >= 4 is 45.0 Å². The van der Waals surface area contributed by atoms with Crippen molar-refractivity contribution < 1.29 is 43.0 Å². The summed E-state index contributed by atoms with van der Waals surface area (Å²) < 4.78 is 31.0. The van der Waals surface area contributed by atoms with Crippen LogP contribution < -0.4 is 18.9 Å². The lowest BCUT2D eigenvalue weighted by Gasteiger charge is -2.25. The van der Waals surface area contributed by atoms with E-state index in [2.05, 4.69) is 36.4 Å². The summed E-state index contributed by atoms with van der Waals surface area (Å²) >= 11 is 0. The zero-order valence-corrected chi connectivity index (χ0v) is 30.8. The van der Waals surface area contributed by atoms with Gasteiger partial charge in [-0.05, 0) is 88.7 Å². The van der Waals surface area contributed by atoms with E-state index in [1.165, 1.54) is 18.2 Å². The molecule has 0 saturated carbocycles. The van der Waals surface area contributed by atoms with E-state index in [1.54, 1.807) is 18.2 Å². The van der Waals surface area contributed by atoms with Crippen molar-refractivity contribution in [1.29, 1.82) is 0 Å². The topological polar surface area (TPSA) is 144 Å². The van der Waals surface area contributed by atoms with Crippen LogP contribution in [-0.4, -0.2) is 40.8 Å². The smallest absolute Gasteiger partial charge is 0.338 e. The molecule has 0 fully saturated rings. The molecule has 3 aliphatic heterocycles. The number of carbonyl (C=O) groups excluding carboxylic acids is 3. The molecular formula is C45H36N2O10. The molecule has 0 aliphatic carbocycles. The average Bonchev–Trinajstić information content (AvgIpc) is 3.46. The van der Waals surface area contributed by atoms with Crippen LogP contribution in [0.25, 0.3) is 21.5 Å². The minimum atomic E-state index is -0.650.